The van der Waals surface area contributed by atoms with Gasteiger partial charge < -0.3 is 5.21 Å². The molecule has 0 saturated heterocycles. The van der Waals surface area contributed by atoms with E-state index in [1.54, 1.807) is 0 Å². The van der Waals surface area contributed by atoms with Crippen LogP contribution in [0.5, 0.6) is 0 Å². The van der Waals surface area contributed by atoms with Gasteiger partial charge in [0, 0.05) is 5.10 Å². The summed E-state index contributed by atoms with van der Waals surface area (Å²) in [4.78, 5) is 0. The van der Waals surface area contributed by atoms with Crippen LogP contribution in [-0.4, -0.2) is 10.3 Å². The molecular formula is CHN3O2. The lowest BCUT2D eigenvalue weighted by Gasteiger charge is -1.69. The summed E-state index contributed by atoms with van der Waals surface area (Å²) in [5.41, 5.74) is 0. The third kappa shape index (κ3) is 0.291. The van der Waals surface area contributed by atoms with Crippen LogP contribution < -0.4 is 5.02 Å². The van der Waals surface area contributed by atoms with Crippen LogP contribution in [0.25, 0.3) is 0 Å². The summed E-state index contributed by atoms with van der Waals surface area (Å²) in [6.07, 6.45) is 1.02. The van der Waals surface area contributed by atoms with Crippen LogP contribution in [-0.2, 0) is 0 Å². The van der Waals surface area contributed by atoms with E-state index in [1.165, 1.54) is 0 Å². The topological polar surface area (TPSA) is 65.9 Å². The maximum absolute atomic E-state index is 9.65. The minimum atomic E-state index is 0.0139. The molecule has 0 bridgehead atoms. The van der Waals surface area contributed by atoms with Crippen molar-refractivity contribution in [3.63, 3.8) is 0 Å². The molecule has 0 aliphatic heterocycles. The lowest BCUT2D eigenvalue weighted by Crippen LogP contribution is -2.25. The Morgan fingerprint density at radius 1 is 1.83 bits per heavy atom. The predicted molar refractivity (Wildman–Crippen MR) is 13.3 cm³/mol. The van der Waals surface area contributed by atoms with Gasteiger partial charge in [0.1, 0.15) is 0 Å². The Kier molecular flexibility index (Phi) is 0.474. The zero-order chi connectivity index (χ0) is 4.41. The zero-order valence-electron chi connectivity index (χ0n) is 2.74. The molecule has 0 fully saturated rings. The van der Waals surface area contributed by atoms with Crippen molar-refractivity contribution in [2.24, 2.45) is 0 Å². The summed E-state index contributed by atoms with van der Waals surface area (Å²) in [5, 5.41) is 15.6. The monoisotopic (exact) mass is 87.0 g/mol. The van der Waals surface area contributed by atoms with Crippen molar-refractivity contribution in [2.45, 2.75) is 0 Å². The van der Waals surface area contributed by atoms with Crippen LogP contribution in [0.15, 0.2) is 11.0 Å². The van der Waals surface area contributed by atoms with Crippen LogP contribution in [0.2, 0.25) is 0 Å². The fourth-order valence-electron chi connectivity index (χ4n) is 0.146. The molecule has 0 aliphatic rings. The smallest absolute Gasteiger partial charge is 0.296 e. The van der Waals surface area contributed by atoms with Crippen molar-refractivity contribution in [3.05, 3.63) is 11.5 Å². The average Bonchev–Trinajstić information content (AvgIpc) is 1.86. The molecule has 32 valence electrons. The van der Waals surface area contributed by atoms with Gasteiger partial charge in [0.25, 0.3) is 6.33 Å². The number of nitrogens with zero attached hydrogens (tertiary/aromatic N) is 3. The molecule has 5 nitrogen and oxygen atoms in total. The van der Waals surface area contributed by atoms with Gasteiger partial charge in [0.2, 0.25) is 0 Å². The summed E-state index contributed by atoms with van der Waals surface area (Å²) in [7, 11) is 0. The predicted octanol–water partition coefficient (Wildman–Crippen LogP) is -1.30. The first-order chi connectivity index (χ1) is 2.89. The highest BCUT2D eigenvalue weighted by Gasteiger charge is 1.80. The summed E-state index contributed by atoms with van der Waals surface area (Å²) in [6.45, 7) is 0. The molecule has 1 rings (SSSR count). The maximum atomic E-state index is 9.65. The van der Waals surface area contributed by atoms with Gasteiger partial charge in [-0.1, -0.05) is 0 Å². The first-order valence-electron chi connectivity index (χ1n) is 1.26. The number of hydrogen-bond acceptors (Lipinski definition) is 4. The van der Waals surface area contributed by atoms with Gasteiger partial charge in [-0.3, -0.25) is 0 Å². The number of hydrogen-bond donors (Lipinski definition) is 0. The normalized spacial score (nSPS) is 8.67. The van der Waals surface area contributed by atoms with Gasteiger partial charge in [-0.15, -0.1) is 0 Å². The molecule has 1 aromatic heterocycles. The Balaban J connectivity index is 3.05. The molecular weight excluding hydrogens is 86.0 g/mol. The van der Waals surface area contributed by atoms with Gasteiger partial charge >= 0.3 is 0 Å². The molecule has 5 heteroatoms. The molecule has 0 aromatic carbocycles. The van der Waals surface area contributed by atoms with E-state index in [-0.39, 0.29) is 5.02 Å². The largest absolute Gasteiger partial charge is 0.339 e. The Bertz CT molecular complexity index is 112. The Morgan fingerprint density at radius 3 is 2.83 bits per heavy atom. The average molecular weight is 87.0 g/mol. The minimum Gasteiger partial charge on any atom is -0.339 e. The minimum absolute atomic E-state index is 0.0139. The van der Waals surface area contributed by atoms with Crippen molar-refractivity contribution in [2.75, 3.05) is 0 Å². The first-order valence-corrected chi connectivity index (χ1v) is 1.26. The van der Waals surface area contributed by atoms with E-state index < -0.39 is 0 Å². The Hall–Kier alpha value is -1.13. The molecule has 0 N–H and O–H groups in total. The summed E-state index contributed by atoms with van der Waals surface area (Å²) >= 11 is 0. The Labute approximate surface area is 32.7 Å². The third-order valence-electron chi connectivity index (χ3n) is 0.310. The van der Waals surface area contributed by atoms with Crippen molar-refractivity contribution >= 4 is 0 Å². The van der Waals surface area contributed by atoms with E-state index in [0.29, 0.717) is 0 Å². The quantitative estimate of drug-likeness (QED) is 0.369. The van der Waals surface area contributed by atoms with Gasteiger partial charge in [0.05, 0.1) is 10.2 Å². The lowest BCUT2D eigenvalue weighted by molar-refractivity contribution is -0.848. The van der Waals surface area contributed by atoms with Crippen molar-refractivity contribution in [1.29, 1.82) is 0 Å². The fourth-order valence-corrected chi connectivity index (χ4v) is 0.146. The molecule has 0 unspecified atom stereocenters. The van der Waals surface area contributed by atoms with Crippen LogP contribution in [0.3, 0.4) is 0 Å². The van der Waals surface area contributed by atoms with Crippen LogP contribution in [0, 0.1) is 5.21 Å². The van der Waals surface area contributed by atoms with E-state index in [9.17, 15) is 5.21 Å². The maximum Gasteiger partial charge on any atom is 0.296 e. The molecule has 0 spiro atoms. The second-order valence-corrected chi connectivity index (χ2v) is 0.656. The van der Waals surface area contributed by atoms with Crippen LogP contribution in [0.4, 0.5) is 0 Å². The lowest BCUT2D eigenvalue weighted by atomic mass is 11.5. The standard InChI is InChI=1S/CHN3O2/c5-4-2-1-3-6-4/h1H. The summed E-state index contributed by atoms with van der Waals surface area (Å²) < 4.78 is 3.83. The van der Waals surface area contributed by atoms with E-state index in [1.807, 2.05) is 0 Å². The molecule has 0 atom stereocenters. The van der Waals surface area contributed by atoms with Crippen LogP contribution in [0.1, 0.15) is 0 Å². The van der Waals surface area contributed by atoms with E-state index in [4.69, 9.17) is 0 Å². The highest BCUT2D eigenvalue weighted by Crippen LogP contribution is 1.51. The summed E-state index contributed by atoms with van der Waals surface area (Å²) in [5.74, 6) is 0. The molecule has 0 amide bonds. The van der Waals surface area contributed by atoms with E-state index >= 15 is 0 Å². The SMILES string of the molecule is [O-][n+]1ncno1. The third-order valence-corrected chi connectivity index (χ3v) is 0.310. The number of rotatable bonds is 0. The number of aromatic nitrogens is 3. The highest BCUT2D eigenvalue weighted by atomic mass is 16.8. The molecule has 6 heavy (non-hydrogen) atoms. The molecule has 1 heterocycles. The van der Waals surface area contributed by atoms with Crippen molar-refractivity contribution < 1.29 is 9.65 Å². The second-order valence-electron chi connectivity index (χ2n) is 0.656. The molecule has 0 aliphatic carbocycles. The van der Waals surface area contributed by atoms with E-state index in [0.717, 1.165) is 6.33 Å². The van der Waals surface area contributed by atoms with Crippen LogP contribution >= 0.6 is 0 Å². The van der Waals surface area contributed by atoms with Gasteiger partial charge in [-0.2, -0.15) is 0 Å². The fraction of sp³-hybridized carbons (Fsp3) is 0. The van der Waals surface area contributed by atoms with E-state index in [2.05, 4.69) is 14.9 Å². The molecule has 1 aromatic rings. The summed E-state index contributed by atoms with van der Waals surface area (Å²) in [6, 6.07) is 0. The van der Waals surface area contributed by atoms with Gasteiger partial charge in [-0.05, 0) is 0 Å². The highest BCUT2D eigenvalue weighted by molar-refractivity contribution is 4.16. The molecule has 0 radical (unpaired) electrons. The van der Waals surface area contributed by atoms with Crippen molar-refractivity contribution in [1.82, 2.24) is 10.3 Å². The second kappa shape index (κ2) is 0.925. The van der Waals surface area contributed by atoms with Crippen molar-refractivity contribution in [3.8, 4) is 0 Å². The van der Waals surface area contributed by atoms with Gasteiger partial charge in [0.15, 0.2) is 0 Å². The zero-order valence-corrected chi connectivity index (χ0v) is 2.74. The van der Waals surface area contributed by atoms with Gasteiger partial charge in [-0.25, -0.2) is 4.63 Å². The first kappa shape index (κ1) is 3.08. The molecule has 0 saturated carbocycles. The Morgan fingerprint density at radius 2 is 2.67 bits per heavy atom.